The molecule has 0 bridgehead atoms. The van der Waals surface area contributed by atoms with E-state index in [4.69, 9.17) is 9.84 Å². The summed E-state index contributed by atoms with van der Waals surface area (Å²) in [6, 6.07) is 0. The molecule has 0 aromatic rings. The van der Waals surface area contributed by atoms with Crippen molar-refractivity contribution in [1.29, 1.82) is 0 Å². The van der Waals surface area contributed by atoms with Gasteiger partial charge in [-0.2, -0.15) is 0 Å². The predicted octanol–water partition coefficient (Wildman–Crippen LogP) is 5.50. The number of amides is 1. The van der Waals surface area contributed by atoms with Gasteiger partial charge in [-0.05, 0) is 39.0 Å². The van der Waals surface area contributed by atoms with Gasteiger partial charge in [-0.15, -0.1) is 0 Å². The number of allylic oxidation sites excluding steroid dienone is 2. The van der Waals surface area contributed by atoms with Crippen molar-refractivity contribution in [1.82, 2.24) is 5.32 Å². The molecular weight excluding hydrogens is 326 g/mol. The first-order chi connectivity index (χ1) is 12.7. The predicted molar refractivity (Wildman–Crippen MR) is 110 cm³/mol. The number of nitrogens with one attached hydrogen (secondary N) is 1. The summed E-state index contributed by atoms with van der Waals surface area (Å²) in [6.45, 7) is 4.29. The van der Waals surface area contributed by atoms with Crippen molar-refractivity contribution < 1.29 is 14.6 Å². The van der Waals surface area contributed by atoms with E-state index in [2.05, 4.69) is 24.4 Å². The van der Waals surface area contributed by atoms with Gasteiger partial charge in [-0.3, -0.25) is 4.79 Å². The maximum absolute atomic E-state index is 11.7. The Morgan fingerprint density at radius 1 is 0.923 bits per heavy atom. The monoisotopic (exact) mass is 369 g/mol. The lowest BCUT2D eigenvalue weighted by Gasteiger charge is -2.14. The topological polar surface area (TPSA) is 58.6 Å². The van der Waals surface area contributed by atoms with Gasteiger partial charge in [0.25, 0.3) is 0 Å². The average molecular weight is 370 g/mol. The third-order valence-electron chi connectivity index (χ3n) is 4.49. The summed E-state index contributed by atoms with van der Waals surface area (Å²) in [6.07, 6.45) is 21.3. The standard InChI is InChI=1S/C22H43NO3/c1-3-4-5-6-7-8-9-10-11-12-13-14-15-16-17-18-22(25)23-21(2)26-20-19-24/h10-11,21,24H,3-9,12-20H2,1-2H3,(H,23,25). The van der Waals surface area contributed by atoms with Crippen LogP contribution >= 0.6 is 0 Å². The van der Waals surface area contributed by atoms with Crippen molar-refractivity contribution in [3.8, 4) is 0 Å². The maximum Gasteiger partial charge on any atom is 0.221 e. The molecule has 0 aliphatic carbocycles. The lowest BCUT2D eigenvalue weighted by atomic mass is 10.1. The molecule has 0 aromatic carbocycles. The summed E-state index contributed by atoms with van der Waals surface area (Å²) in [5, 5.41) is 11.4. The smallest absolute Gasteiger partial charge is 0.221 e. The van der Waals surface area contributed by atoms with E-state index < -0.39 is 0 Å². The van der Waals surface area contributed by atoms with Crippen LogP contribution in [0.3, 0.4) is 0 Å². The highest BCUT2D eigenvalue weighted by molar-refractivity contribution is 5.75. The molecule has 1 atom stereocenters. The van der Waals surface area contributed by atoms with Crippen LogP contribution in [-0.4, -0.2) is 30.5 Å². The largest absolute Gasteiger partial charge is 0.394 e. The molecule has 0 saturated carbocycles. The Balaban J connectivity index is 3.28. The van der Waals surface area contributed by atoms with E-state index in [1.54, 1.807) is 6.92 Å². The van der Waals surface area contributed by atoms with E-state index >= 15 is 0 Å². The quantitative estimate of drug-likeness (QED) is 0.180. The van der Waals surface area contributed by atoms with Crippen molar-refractivity contribution in [2.45, 2.75) is 110 Å². The minimum Gasteiger partial charge on any atom is -0.394 e. The summed E-state index contributed by atoms with van der Waals surface area (Å²) in [5.74, 6) is 0.0352. The highest BCUT2D eigenvalue weighted by Crippen LogP contribution is 2.10. The van der Waals surface area contributed by atoms with E-state index in [1.807, 2.05) is 0 Å². The Labute approximate surface area is 161 Å². The maximum atomic E-state index is 11.7. The molecule has 0 aliphatic rings. The zero-order valence-electron chi connectivity index (χ0n) is 17.3. The fourth-order valence-electron chi connectivity index (χ4n) is 2.93. The van der Waals surface area contributed by atoms with Crippen molar-refractivity contribution in [2.75, 3.05) is 13.2 Å². The molecule has 4 heteroatoms. The molecule has 2 N–H and O–H groups in total. The normalized spacial score (nSPS) is 12.6. The fraction of sp³-hybridized carbons (Fsp3) is 0.864. The number of carbonyl (C=O) groups excluding carboxylic acids is 1. The van der Waals surface area contributed by atoms with Crippen molar-refractivity contribution in [3.05, 3.63) is 12.2 Å². The second-order valence-electron chi connectivity index (χ2n) is 7.14. The molecular formula is C22H43NO3. The summed E-state index contributed by atoms with van der Waals surface area (Å²) in [7, 11) is 0. The van der Waals surface area contributed by atoms with Crippen LogP contribution in [0.5, 0.6) is 0 Å². The van der Waals surface area contributed by atoms with E-state index in [0.717, 1.165) is 12.8 Å². The number of carbonyl (C=O) groups is 1. The SMILES string of the molecule is CCCCCCCCC=CCCCCCCCC(=O)NC(C)OCCO. The number of aliphatic hydroxyl groups is 1. The highest BCUT2D eigenvalue weighted by Gasteiger charge is 2.06. The Morgan fingerprint density at radius 2 is 1.46 bits per heavy atom. The molecule has 1 unspecified atom stereocenters. The first kappa shape index (κ1) is 25.1. The van der Waals surface area contributed by atoms with Crippen LogP contribution in [0.4, 0.5) is 0 Å². The molecule has 0 aromatic heterocycles. The minimum atomic E-state index is -0.322. The van der Waals surface area contributed by atoms with Crippen LogP contribution < -0.4 is 5.32 Å². The summed E-state index contributed by atoms with van der Waals surface area (Å²) in [4.78, 5) is 11.7. The first-order valence-electron chi connectivity index (χ1n) is 10.9. The van der Waals surface area contributed by atoms with Gasteiger partial charge in [0.05, 0.1) is 13.2 Å². The molecule has 26 heavy (non-hydrogen) atoms. The Kier molecular flexibility index (Phi) is 19.8. The summed E-state index contributed by atoms with van der Waals surface area (Å²) < 4.78 is 5.20. The molecule has 0 radical (unpaired) electrons. The third-order valence-corrected chi connectivity index (χ3v) is 4.49. The molecule has 4 nitrogen and oxygen atoms in total. The van der Waals surface area contributed by atoms with Crippen LogP contribution in [-0.2, 0) is 9.53 Å². The van der Waals surface area contributed by atoms with Crippen LogP contribution in [0, 0.1) is 0 Å². The average Bonchev–Trinajstić information content (AvgIpc) is 2.63. The lowest BCUT2D eigenvalue weighted by molar-refractivity contribution is -0.125. The van der Waals surface area contributed by atoms with Gasteiger partial charge in [0, 0.05) is 6.42 Å². The number of aliphatic hydroxyl groups excluding tert-OH is 1. The van der Waals surface area contributed by atoms with Gasteiger partial charge in [-0.25, -0.2) is 0 Å². The Bertz CT molecular complexity index is 331. The van der Waals surface area contributed by atoms with Crippen LogP contribution in [0.15, 0.2) is 12.2 Å². The Morgan fingerprint density at radius 3 is 2.04 bits per heavy atom. The molecule has 0 spiro atoms. The summed E-state index contributed by atoms with van der Waals surface area (Å²) in [5.41, 5.74) is 0. The Hall–Kier alpha value is -0.870. The summed E-state index contributed by atoms with van der Waals surface area (Å²) >= 11 is 0. The van der Waals surface area contributed by atoms with Crippen LogP contribution in [0.2, 0.25) is 0 Å². The van der Waals surface area contributed by atoms with Gasteiger partial charge in [0.2, 0.25) is 5.91 Å². The van der Waals surface area contributed by atoms with Gasteiger partial charge in [0.15, 0.2) is 0 Å². The zero-order chi connectivity index (χ0) is 19.3. The molecule has 0 heterocycles. The van der Waals surface area contributed by atoms with Crippen molar-refractivity contribution in [3.63, 3.8) is 0 Å². The van der Waals surface area contributed by atoms with Gasteiger partial charge in [0.1, 0.15) is 6.23 Å². The van der Waals surface area contributed by atoms with Crippen LogP contribution in [0.25, 0.3) is 0 Å². The van der Waals surface area contributed by atoms with Crippen LogP contribution in [0.1, 0.15) is 104 Å². The fourth-order valence-corrected chi connectivity index (χ4v) is 2.93. The zero-order valence-corrected chi connectivity index (χ0v) is 17.3. The second kappa shape index (κ2) is 20.4. The molecule has 154 valence electrons. The number of unbranched alkanes of at least 4 members (excludes halogenated alkanes) is 11. The molecule has 0 fully saturated rings. The van der Waals surface area contributed by atoms with Gasteiger partial charge in [-0.1, -0.05) is 70.4 Å². The first-order valence-corrected chi connectivity index (χ1v) is 10.9. The third kappa shape index (κ3) is 19.5. The van der Waals surface area contributed by atoms with Crippen molar-refractivity contribution in [2.24, 2.45) is 0 Å². The molecule has 0 saturated heterocycles. The van der Waals surface area contributed by atoms with Gasteiger partial charge < -0.3 is 15.2 Å². The molecule has 1 amide bonds. The lowest BCUT2D eigenvalue weighted by Crippen LogP contribution is -2.35. The number of ether oxygens (including phenoxy) is 1. The van der Waals surface area contributed by atoms with E-state index in [1.165, 1.54) is 70.6 Å². The van der Waals surface area contributed by atoms with Crippen molar-refractivity contribution >= 4 is 5.91 Å². The number of hydrogen-bond donors (Lipinski definition) is 2. The number of hydrogen-bond acceptors (Lipinski definition) is 3. The molecule has 0 rings (SSSR count). The highest BCUT2D eigenvalue weighted by atomic mass is 16.5. The molecule has 0 aliphatic heterocycles. The van der Waals surface area contributed by atoms with E-state index in [9.17, 15) is 4.79 Å². The number of rotatable bonds is 19. The minimum absolute atomic E-state index is 0.0194. The van der Waals surface area contributed by atoms with Gasteiger partial charge >= 0.3 is 0 Å². The van der Waals surface area contributed by atoms with E-state index in [-0.39, 0.29) is 25.3 Å². The van der Waals surface area contributed by atoms with E-state index in [0.29, 0.717) is 6.42 Å². The second-order valence-corrected chi connectivity index (χ2v) is 7.14.